The maximum absolute atomic E-state index is 13.9. The number of hydrogen-bond donors (Lipinski definition) is 4. The Kier molecular flexibility index (Phi) is 16.7. The molecule has 10 rings (SSSR count). The Morgan fingerprint density at radius 3 is 1.37 bits per heavy atom. The molecule has 2 saturated carbocycles. The number of halogens is 9. The minimum atomic E-state index is -4.60. The van der Waals surface area contributed by atoms with Gasteiger partial charge in [-0.05, 0) is 149 Å². The third-order valence-corrected chi connectivity index (χ3v) is 13.7. The Morgan fingerprint density at radius 2 is 0.987 bits per heavy atom. The van der Waals surface area contributed by atoms with Crippen LogP contribution >= 0.6 is 0 Å². The fourth-order valence-corrected chi connectivity index (χ4v) is 9.56. The molecular formula is C52H53F9N8O6. The predicted octanol–water partition coefficient (Wildman–Crippen LogP) is 11.7. The summed E-state index contributed by atoms with van der Waals surface area (Å²) >= 11 is 0. The van der Waals surface area contributed by atoms with Crippen molar-refractivity contribution in [2.75, 3.05) is 41.3 Å². The number of anilines is 3. The number of benzene rings is 4. The number of alkyl halides is 8. The maximum atomic E-state index is 13.9. The molecule has 2 aliphatic heterocycles. The lowest BCUT2D eigenvalue weighted by Gasteiger charge is -2.32. The van der Waals surface area contributed by atoms with E-state index in [2.05, 4.69) is 25.6 Å². The number of carbonyl (C=O) groups is 2. The van der Waals surface area contributed by atoms with Gasteiger partial charge in [-0.25, -0.2) is 13.2 Å². The van der Waals surface area contributed by atoms with E-state index >= 15 is 0 Å². The summed E-state index contributed by atoms with van der Waals surface area (Å²) in [5, 5.41) is 28.6. The molecule has 6 aromatic rings. The predicted molar refractivity (Wildman–Crippen MR) is 258 cm³/mol. The number of nitrogens with one attached hydrogen (secondary N) is 1. The highest BCUT2D eigenvalue weighted by molar-refractivity contribution is 5.72. The van der Waals surface area contributed by atoms with Crippen LogP contribution < -0.4 is 20.9 Å². The standard InChI is InChI=1S/C26H26F4N4O3.C20H16F5N3O.C6H11NO2/c27-18-9-11-34(12-10-18)22-8-4-16(14-21(22)26(28,29)30)23-32-24(37-33-23)15-1-5-19(6-2-15)31-20-7-3-17(13-20)25(35)36;21-14-4-1-12(2-5-14)19-26-18(27-29-19)13-3-6-17(16(11-13)20(23,24)25)28-9-7-15(22)8-10-28;7-5-2-1-4(3-5)6(8)9/h1-2,4-6,8,14,17-18,20,31H,3,7,9-13H2,(H,35,36);1-6,11,15H,7-10H2;4-5H,1-3,7H2,(H,8,9)/t17-,20-;;4-,5-/m0.0/s1. The minimum absolute atomic E-state index is 0.00963. The topological polar surface area (TPSA) is 197 Å². The van der Waals surface area contributed by atoms with Crippen LogP contribution in [0.5, 0.6) is 0 Å². The first kappa shape index (κ1) is 54.1. The smallest absolute Gasteiger partial charge is 0.418 e. The number of hydrogen-bond acceptors (Lipinski definition) is 12. The molecule has 14 nitrogen and oxygen atoms in total. The van der Waals surface area contributed by atoms with Gasteiger partial charge in [0.2, 0.25) is 11.6 Å². The van der Waals surface area contributed by atoms with Crippen molar-refractivity contribution in [3.05, 3.63) is 102 Å². The fourth-order valence-electron chi connectivity index (χ4n) is 9.56. The van der Waals surface area contributed by atoms with Crippen molar-refractivity contribution in [3.63, 3.8) is 0 Å². The molecule has 2 aromatic heterocycles. The van der Waals surface area contributed by atoms with E-state index in [-0.39, 0.29) is 122 Å². The SMILES string of the molecule is Fc1ccc(-c2nc(-c3ccc(N4CCC(F)CC4)c(C(F)(F)F)c3)no2)cc1.N[C@H]1CC[C@H](C(=O)O)C1.O=C(O)[C@H]1CC[C@H](Nc2ccc(-c3nc(-c4ccc(N5CCC(F)CC5)c(C(F)(F)F)c4)no3)cc2)C1. The molecule has 0 amide bonds. The summed E-state index contributed by atoms with van der Waals surface area (Å²) in [6, 6.07) is 20.3. The molecular weight excluding hydrogens is 1000 g/mol. The summed E-state index contributed by atoms with van der Waals surface area (Å²) < 4.78 is 133. The first-order valence-electron chi connectivity index (χ1n) is 24.4. The van der Waals surface area contributed by atoms with Gasteiger partial charge in [0.1, 0.15) is 18.2 Å². The number of aromatic nitrogens is 4. The second kappa shape index (κ2) is 23.2. The second-order valence-electron chi connectivity index (χ2n) is 19.0. The maximum Gasteiger partial charge on any atom is 0.418 e. The lowest BCUT2D eigenvalue weighted by Crippen LogP contribution is -2.35. The molecule has 5 N–H and O–H groups in total. The molecule has 4 heterocycles. The average Bonchev–Trinajstić information content (AvgIpc) is 4.24. The zero-order valence-electron chi connectivity index (χ0n) is 40.1. The van der Waals surface area contributed by atoms with Crippen LogP contribution in [0.2, 0.25) is 0 Å². The van der Waals surface area contributed by atoms with Crippen LogP contribution in [0.25, 0.3) is 45.7 Å². The number of rotatable bonds is 10. The summed E-state index contributed by atoms with van der Waals surface area (Å²) in [5.74, 6) is -2.14. The van der Waals surface area contributed by atoms with Crippen LogP contribution in [0, 0.1) is 17.7 Å². The molecule has 2 aliphatic carbocycles. The second-order valence-corrected chi connectivity index (χ2v) is 19.0. The number of nitrogens with zero attached hydrogens (tertiary/aromatic N) is 6. The number of piperidine rings is 2. The van der Waals surface area contributed by atoms with E-state index in [1.807, 2.05) is 12.1 Å². The van der Waals surface area contributed by atoms with E-state index in [0.29, 0.717) is 30.4 Å². The molecule has 4 fully saturated rings. The molecule has 0 radical (unpaired) electrons. The molecule has 4 aromatic carbocycles. The lowest BCUT2D eigenvalue weighted by molar-refractivity contribution is -0.142. The van der Waals surface area contributed by atoms with Crippen molar-refractivity contribution in [2.24, 2.45) is 17.6 Å². The zero-order valence-corrected chi connectivity index (χ0v) is 40.1. The van der Waals surface area contributed by atoms with Crippen LogP contribution in [0.15, 0.2) is 94.0 Å². The van der Waals surface area contributed by atoms with Gasteiger partial charge >= 0.3 is 24.3 Å². The van der Waals surface area contributed by atoms with E-state index in [1.165, 1.54) is 48.5 Å². The number of nitrogens with two attached hydrogens (primary N) is 1. The summed E-state index contributed by atoms with van der Waals surface area (Å²) in [6.45, 7) is 0.893. The van der Waals surface area contributed by atoms with E-state index in [0.717, 1.165) is 37.1 Å². The summed E-state index contributed by atoms with van der Waals surface area (Å²) in [6.07, 6.45) is -6.09. The van der Waals surface area contributed by atoms with Gasteiger partial charge in [-0.15, -0.1) is 0 Å². The van der Waals surface area contributed by atoms with Crippen LogP contribution in [0.3, 0.4) is 0 Å². The first-order valence-corrected chi connectivity index (χ1v) is 24.4. The van der Waals surface area contributed by atoms with Crippen molar-refractivity contribution < 1.29 is 68.4 Å². The van der Waals surface area contributed by atoms with Gasteiger partial charge in [-0.3, -0.25) is 9.59 Å². The first-order chi connectivity index (χ1) is 35.7. The van der Waals surface area contributed by atoms with Gasteiger partial charge in [-0.1, -0.05) is 10.3 Å². The molecule has 75 heavy (non-hydrogen) atoms. The Labute approximate surface area is 424 Å². The molecule has 400 valence electrons. The molecule has 2 saturated heterocycles. The summed E-state index contributed by atoms with van der Waals surface area (Å²) in [4.78, 5) is 33.0. The molecule has 0 unspecified atom stereocenters. The Balaban J connectivity index is 0.000000174. The van der Waals surface area contributed by atoms with Crippen molar-refractivity contribution >= 4 is 29.0 Å². The highest BCUT2D eigenvalue weighted by Gasteiger charge is 2.38. The monoisotopic (exact) mass is 1060 g/mol. The van der Waals surface area contributed by atoms with E-state index in [1.54, 1.807) is 21.9 Å². The van der Waals surface area contributed by atoms with Gasteiger partial charge in [0, 0.05) is 77.6 Å². The van der Waals surface area contributed by atoms with Gasteiger partial charge in [-0.2, -0.15) is 36.3 Å². The largest absolute Gasteiger partial charge is 0.481 e. The highest BCUT2D eigenvalue weighted by atomic mass is 19.4. The average molecular weight is 1060 g/mol. The van der Waals surface area contributed by atoms with Crippen molar-refractivity contribution in [3.8, 4) is 45.7 Å². The van der Waals surface area contributed by atoms with Gasteiger partial charge in [0.15, 0.2) is 0 Å². The van der Waals surface area contributed by atoms with Crippen LogP contribution in [0.1, 0.15) is 75.3 Å². The van der Waals surface area contributed by atoms with E-state index < -0.39 is 53.6 Å². The summed E-state index contributed by atoms with van der Waals surface area (Å²) in [7, 11) is 0. The zero-order chi connectivity index (χ0) is 53.6. The minimum Gasteiger partial charge on any atom is -0.481 e. The molecule has 23 heteroatoms. The fraction of sp³-hybridized carbons (Fsp3) is 0.423. The van der Waals surface area contributed by atoms with Crippen LogP contribution in [-0.2, 0) is 21.9 Å². The van der Waals surface area contributed by atoms with E-state index in [9.17, 15) is 49.1 Å². The van der Waals surface area contributed by atoms with Gasteiger partial charge < -0.3 is 40.1 Å². The lowest BCUT2D eigenvalue weighted by atomic mass is 10.0. The van der Waals surface area contributed by atoms with Crippen LogP contribution in [-0.4, -0.2) is 93.0 Å². The van der Waals surface area contributed by atoms with Gasteiger partial charge in [0.05, 0.1) is 23.0 Å². The van der Waals surface area contributed by atoms with Crippen molar-refractivity contribution in [1.82, 2.24) is 20.3 Å². The highest BCUT2D eigenvalue weighted by Crippen LogP contribution is 2.42. The van der Waals surface area contributed by atoms with Crippen molar-refractivity contribution in [1.29, 1.82) is 0 Å². The Morgan fingerprint density at radius 1 is 0.573 bits per heavy atom. The third-order valence-electron chi connectivity index (χ3n) is 13.7. The van der Waals surface area contributed by atoms with Crippen molar-refractivity contribution in [2.45, 2.75) is 101 Å². The quantitative estimate of drug-likeness (QED) is 0.0945. The number of carboxylic acid groups (broad SMARTS) is 2. The number of carboxylic acids is 2. The van der Waals surface area contributed by atoms with Crippen LogP contribution in [0.4, 0.5) is 56.6 Å². The van der Waals surface area contributed by atoms with E-state index in [4.69, 9.17) is 25.0 Å². The van der Waals surface area contributed by atoms with Gasteiger partial charge in [0.25, 0.3) is 11.8 Å². The summed E-state index contributed by atoms with van der Waals surface area (Å²) in [5.41, 5.74) is 6.05. The molecule has 0 bridgehead atoms. The Bertz CT molecular complexity index is 2880. The Hall–Kier alpha value is -7.17. The molecule has 4 atom stereocenters. The third kappa shape index (κ3) is 13.8. The molecule has 0 spiro atoms. The normalized spacial score (nSPS) is 20.5. The number of aliphatic carboxylic acids is 2. The molecule has 4 aliphatic rings.